The summed E-state index contributed by atoms with van der Waals surface area (Å²) in [6, 6.07) is 3.25. The summed E-state index contributed by atoms with van der Waals surface area (Å²) in [6.45, 7) is 1.29. The third kappa shape index (κ3) is 3.63. The minimum absolute atomic E-state index is 0.489. The Kier molecular flexibility index (Phi) is 5.45. The van der Waals surface area contributed by atoms with Crippen LogP contribution < -0.4 is 14.2 Å². The number of benzene rings is 1. The number of ether oxygens (including phenoxy) is 3. The zero-order chi connectivity index (χ0) is 13.5. The second-order valence-electron chi connectivity index (χ2n) is 4.02. The fourth-order valence-electron chi connectivity index (χ4n) is 1.44. The maximum Gasteiger partial charge on any atom is 0.203 e. The van der Waals surface area contributed by atoms with E-state index in [0.717, 1.165) is 12.8 Å². The minimum Gasteiger partial charge on any atom is -0.493 e. The van der Waals surface area contributed by atoms with Crippen molar-refractivity contribution < 1.29 is 19.0 Å². The first kappa shape index (κ1) is 14.3. The SMILES string of the molecule is COc1cc(C=O)cc(OC)c1OCCN(C)C. The summed E-state index contributed by atoms with van der Waals surface area (Å²) in [7, 11) is 6.99. The fraction of sp³-hybridized carbons (Fsp3) is 0.462. The van der Waals surface area contributed by atoms with Crippen LogP contribution in [0.5, 0.6) is 17.2 Å². The van der Waals surface area contributed by atoms with Crippen molar-refractivity contribution in [2.75, 3.05) is 41.5 Å². The van der Waals surface area contributed by atoms with Crippen LogP contribution in [0, 0.1) is 0 Å². The molecule has 0 fully saturated rings. The highest BCUT2D eigenvalue weighted by atomic mass is 16.5. The second-order valence-corrected chi connectivity index (χ2v) is 4.02. The van der Waals surface area contributed by atoms with Gasteiger partial charge in [0.1, 0.15) is 12.9 Å². The van der Waals surface area contributed by atoms with Crippen molar-refractivity contribution in [3.8, 4) is 17.2 Å². The summed E-state index contributed by atoms with van der Waals surface area (Å²) < 4.78 is 16.1. The van der Waals surface area contributed by atoms with Crippen LogP contribution in [0.1, 0.15) is 10.4 Å². The Balaban J connectivity index is 2.95. The predicted octanol–water partition coefficient (Wildman–Crippen LogP) is 1.46. The highest BCUT2D eigenvalue weighted by Gasteiger charge is 2.14. The van der Waals surface area contributed by atoms with Gasteiger partial charge >= 0.3 is 0 Å². The quantitative estimate of drug-likeness (QED) is 0.688. The molecule has 0 atom stereocenters. The number of likely N-dealkylation sites (N-methyl/N-ethyl adjacent to an activating group) is 1. The van der Waals surface area contributed by atoms with E-state index < -0.39 is 0 Å². The van der Waals surface area contributed by atoms with Crippen LogP contribution in [0.4, 0.5) is 0 Å². The van der Waals surface area contributed by atoms with Gasteiger partial charge in [0.2, 0.25) is 5.75 Å². The Morgan fingerprint density at radius 3 is 2.11 bits per heavy atom. The fourth-order valence-corrected chi connectivity index (χ4v) is 1.44. The van der Waals surface area contributed by atoms with E-state index in [-0.39, 0.29) is 0 Å². The molecule has 18 heavy (non-hydrogen) atoms. The number of carbonyl (C=O) groups excluding carboxylic acids is 1. The lowest BCUT2D eigenvalue weighted by Gasteiger charge is -2.16. The Labute approximate surface area is 107 Å². The molecular formula is C13H19NO4. The van der Waals surface area contributed by atoms with E-state index in [1.54, 1.807) is 12.1 Å². The van der Waals surface area contributed by atoms with E-state index >= 15 is 0 Å². The van der Waals surface area contributed by atoms with E-state index in [2.05, 4.69) is 0 Å². The molecule has 0 saturated heterocycles. The van der Waals surface area contributed by atoms with Gasteiger partial charge in [-0.25, -0.2) is 0 Å². The van der Waals surface area contributed by atoms with E-state index in [9.17, 15) is 4.79 Å². The van der Waals surface area contributed by atoms with Crippen LogP contribution in [0.25, 0.3) is 0 Å². The summed E-state index contributed by atoms with van der Waals surface area (Å²) in [6.07, 6.45) is 0.745. The molecule has 0 heterocycles. The molecule has 0 aliphatic carbocycles. The molecule has 1 rings (SSSR count). The third-order valence-electron chi connectivity index (χ3n) is 2.40. The van der Waals surface area contributed by atoms with Gasteiger partial charge in [0.15, 0.2) is 11.5 Å². The molecular weight excluding hydrogens is 234 g/mol. The number of hydrogen-bond acceptors (Lipinski definition) is 5. The molecule has 1 aromatic rings. The highest BCUT2D eigenvalue weighted by molar-refractivity contribution is 5.78. The van der Waals surface area contributed by atoms with Crippen molar-refractivity contribution in [3.63, 3.8) is 0 Å². The van der Waals surface area contributed by atoms with Gasteiger partial charge in [-0.3, -0.25) is 4.79 Å². The van der Waals surface area contributed by atoms with E-state index in [4.69, 9.17) is 14.2 Å². The van der Waals surface area contributed by atoms with Crippen molar-refractivity contribution in [1.29, 1.82) is 0 Å². The number of rotatable bonds is 7. The zero-order valence-electron chi connectivity index (χ0n) is 11.2. The summed E-state index contributed by atoms with van der Waals surface area (Å²) in [5, 5.41) is 0. The van der Waals surface area contributed by atoms with Crippen LogP contribution in [0.3, 0.4) is 0 Å². The predicted molar refractivity (Wildman–Crippen MR) is 69.0 cm³/mol. The summed E-state index contributed by atoms with van der Waals surface area (Å²) in [4.78, 5) is 12.8. The molecule has 100 valence electrons. The molecule has 1 aromatic carbocycles. The summed E-state index contributed by atoms with van der Waals surface area (Å²) in [5.41, 5.74) is 0.489. The molecule has 0 radical (unpaired) electrons. The van der Waals surface area contributed by atoms with Gasteiger partial charge in [-0.05, 0) is 26.2 Å². The van der Waals surface area contributed by atoms with E-state index in [1.165, 1.54) is 14.2 Å². The Hall–Kier alpha value is -1.75. The van der Waals surface area contributed by atoms with Gasteiger partial charge in [0.25, 0.3) is 0 Å². The molecule has 0 amide bonds. The standard InChI is InChI=1S/C13H19NO4/c1-14(2)5-6-18-13-11(16-3)7-10(9-15)8-12(13)17-4/h7-9H,5-6H2,1-4H3. The van der Waals surface area contributed by atoms with Crippen LogP contribution in [0.15, 0.2) is 12.1 Å². The Morgan fingerprint density at radius 2 is 1.72 bits per heavy atom. The topological polar surface area (TPSA) is 48.0 Å². The average Bonchev–Trinajstić information content (AvgIpc) is 2.37. The molecule has 5 heteroatoms. The van der Waals surface area contributed by atoms with Gasteiger partial charge in [0.05, 0.1) is 14.2 Å². The molecule has 0 spiro atoms. The van der Waals surface area contributed by atoms with Crippen molar-refractivity contribution >= 4 is 6.29 Å². The normalized spacial score (nSPS) is 10.3. The van der Waals surface area contributed by atoms with Crippen LogP contribution in [0.2, 0.25) is 0 Å². The van der Waals surface area contributed by atoms with Gasteiger partial charge in [-0.2, -0.15) is 0 Å². The van der Waals surface area contributed by atoms with Gasteiger partial charge in [-0.1, -0.05) is 0 Å². The lowest BCUT2D eigenvalue weighted by molar-refractivity contribution is 0.112. The largest absolute Gasteiger partial charge is 0.493 e. The first-order chi connectivity index (χ1) is 8.62. The van der Waals surface area contributed by atoms with Crippen molar-refractivity contribution in [2.24, 2.45) is 0 Å². The van der Waals surface area contributed by atoms with Crippen LogP contribution in [-0.2, 0) is 0 Å². The van der Waals surface area contributed by atoms with Gasteiger partial charge in [-0.15, -0.1) is 0 Å². The molecule has 0 unspecified atom stereocenters. The Bertz CT molecular complexity index is 379. The molecule has 0 saturated carbocycles. The van der Waals surface area contributed by atoms with Gasteiger partial charge < -0.3 is 19.1 Å². The first-order valence-corrected chi connectivity index (χ1v) is 5.61. The lowest BCUT2D eigenvalue weighted by Crippen LogP contribution is -2.19. The maximum absolute atomic E-state index is 10.8. The minimum atomic E-state index is 0.489. The van der Waals surface area contributed by atoms with Gasteiger partial charge in [0, 0.05) is 12.1 Å². The molecule has 0 aliphatic rings. The summed E-state index contributed by atoms with van der Waals surface area (Å²) >= 11 is 0. The molecule has 0 bridgehead atoms. The van der Waals surface area contributed by atoms with Crippen molar-refractivity contribution in [3.05, 3.63) is 17.7 Å². The number of methoxy groups -OCH3 is 2. The zero-order valence-corrected chi connectivity index (χ0v) is 11.2. The van der Waals surface area contributed by atoms with Crippen LogP contribution in [-0.4, -0.2) is 52.7 Å². The molecule has 0 aromatic heterocycles. The van der Waals surface area contributed by atoms with E-state index in [1.807, 2.05) is 19.0 Å². The highest BCUT2D eigenvalue weighted by Crippen LogP contribution is 2.38. The maximum atomic E-state index is 10.8. The van der Waals surface area contributed by atoms with Crippen LogP contribution >= 0.6 is 0 Å². The Morgan fingerprint density at radius 1 is 1.17 bits per heavy atom. The summed E-state index contributed by atoms with van der Waals surface area (Å²) in [5.74, 6) is 1.51. The molecule has 0 N–H and O–H groups in total. The monoisotopic (exact) mass is 253 g/mol. The number of aldehydes is 1. The molecule has 0 aliphatic heterocycles. The number of hydrogen-bond donors (Lipinski definition) is 0. The smallest absolute Gasteiger partial charge is 0.203 e. The number of carbonyl (C=O) groups is 1. The van der Waals surface area contributed by atoms with E-state index in [0.29, 0.717) is 29.4 Å². The average molecular weight is 253 g/mol. The third-order valence-corrected chi connectivity index (χ3v) is 2.40. The second kappa shape index (κ2) is 6.86. The first-order valence-electron chi connectivity index (χ1n) is 5.61. The van der Waals surface area contributed by atoms with Crippen molar-refractivity contribution in [2.45, 2.75) is 0 Å². The molecule has 5 nitrogen and oxygen atoms in total. The number of nitrogens with zero attached hydrogens (tertiary/aromatic N) is 1. The lowest BCUT2D eigenvalue weighted by atomic mass is 10.2. The van der Waals surface area contributed by atoms with Crippen molar-refractivity contribution in [1.82, 2.24) is 4.90 Å².